The van der Waals surface area contributed by atoms with Crippen molar-refractivity contribution in [1.29, 1.82) is 0 Å². The van der Waals surface area contributed by atoms with Gasteiger partial charge in [-0.1, -0.05) is 23.7 Å². The predicted octanol–water partition coefficient (Wildman–Crippen LogP) is 5.63. The van der Waals surface area contributed by atoms with Crippen molar-refractivity contribution >= 4 is 51.9 Å². The van der Waals surface area contributed by atoms with E-state index in [1.807, 2.05) is 0 Å². The summed E-state index contributed by atoms with van der Waals surface area (Å²) in [4.78, 5) is 39.1. The highest BCUT2D eigenvalue weighted by Crippen LogP contribution is 2.38. The van der Waals surface area contributed by atoms with E-state index in [0.29, 0.717) is 26.9 Å². The Bertz CT molecular complexity index is 1340. The molecule has 1 heterocycles. The van der Waals surface area contributed by atoms with E-state index in [1.165, 1.54) is 17.6 Å². The highest BCUT2D eigenvalue weighted by Gasteiger charge is 2.27. The second-order valence-electron chi connectivity index (χ2n) is 8.66. The molecular formula is C28H28ClN3O5S. The first kappa shape index (κ1) is 27.3. The number of hydrazone groups is 1. The van der Waals surface area contributed by atoms with Crippen LogP contribution in [0.3, 0.4) is 0 Å². The molecule has 4 rings (SSSR count). The zero-order valence-corrected chi connectivity index (χ0v) is 22.7. The van der Waals surface area contributed by atoms with Crippen LogP contribution in [0, 0.1) is 0 Å². The summed E-state index contributed by atoms with van der Waals surface area (Å²) in [5.41, 5.74) is 5.08. The molecule has 1 aliphatic rings. The molecule has 10 heteroatoms. The van der Waals surface area contributed by atoms with Crippen molar-refractivity contribution in [2.45, 2.75) is 45.6 Å². The lowest BCUT2D eigenvalue weighted by atomic mass is 9.95. The summed E-state index contributed by atoms with van der Waals surface area (Å²) in [5.74, 6) is -0.756. The maximum Gasteiger partial charge on any atom is 0.341 e. The van der Waals surface area contributed by atoms with Gasteiger partial charge in [-0.25, -0.2) is 10.2 Å². The zero-order valence-electron chi connectivity index (χ0n) is 21.1. The van der Waals surface area contributed by atoms with Crippen LogP contribution in [-0.4, -0.2) is 36.7 Å². The van der Waals surface area contributed by atoms with Crippen LogP contribution in [0.2, 0.25) is 5.02 Å². The van der Waals surface area contributed by atoms with Gasteiger partial charge in [-0.2, -0.15) is 5.10 Å². The molecule has 0 bridgehead atoms. The van der Waals surface area contributed by atoms with Crippen LogP contribution in [0.1, 0.15) is 63.4 Å². The number of esters is 1. The van der Waals surface area contributed by atoms with Crippen molar-refractivity contribution in [2.24, 2.45) is 5.10 Å². The summed E-state index contributed by atoms with van der Waals surface area (Å²) in [6.07, 6.45) is 4.46. The summed E-state index contributed by atoms with van der Waals surface area (Å²) >= 11 is 7.30. The van der Waals surface area contributed by atoms with E-state index in [0.717, 1.165) is 41.7 Å². The van der Waals surface area contributed by atoms with Gasteiger partial charge in [-0.3, -0.25) is 9.59 Å². The number of benzene rings is 2. The van der Waals surface area contributed by atoms with Crippen molar-refractivity contribution in [3.05, 3.63) is 80.7 Å². The number of aryl methyl sites for hydroxylation is 1. The van der Waals surface area contributed by atoms with Crippen molar-refractivity contribution in [3.63, 3.8) is 0 Å². The lowest BCUT2D eigenvalue weighted by Crippen LogP contribution is -2.33. The molecule has 1 aromatic heterocycles. The first-order valence-corrected chi connectivity index (χ1v) is 13.5. The van der Waals surface area contributed by atoms with E-state index >= 15 is 0 Å². The van der Waals surface area contributed by atoms with E-state index in [-0.39, 0.29) is 12.5 Å². The predicted molar refractivity (Wildman–Crippen MR) is 149 cm³/mol. The molecule has 0 unspecified atom stereocenters. The SMILES string of the molecule is CCOC(=O)c1c(NC(=O)c2ccc(O[C@H](C)C(=O)N/N=C\c3ccc(Cl)cc3)cc2)sc2c1CCCC2. The smallest absolute Gasteiger partial charge is 0.341 e. The number of fused-ring (bicyclic) bond motifs is 1. The molecule has 2 N–H and O–H groups in total. The molecule has 3 aromatic rings. The molecular weight excluding hydrogens is 526 g/mol. The number of carbonyl (C=O) groups excluding carboxylic acids is 3. The third kappa shape index (κ3) is 6.79. The van der Waals surface area contributed by atoms with Gasteiger partial charge in [-0.15, -0.1) is 11.3 Å². The summed E-state index contributed by atoms with van der Waals surface area (Å²) in [6.45, 7) is 3.63. The second-order valence-corrected chi connectivity index (χ2v) is 10.2. The number of anilines is 1. The molecule has 2 aromatic carbocycles. The van der Waals surface area contributed by atoms with Crippen LogP contribution in [0.25, 0.3) is 0 Å². The molecule has 0 fully saturated rings. The Labute approximate surface area is 230 Å². The van der Waals surface area contributed by atoms with Gasteiger partial charge in [0.2, 0.25) is 0 Å². The fourth-order valence-electron chi connectivity index (χ4n) is 4.00. The highest BCUT2D eigenvalue weighted by molar-refractivity contribution is 7.17. The van der Waals surface area contributed by atoms with Crippen LogP contribution in [-0.2, 0) is 22.4 Å². The molecule has 0 saturated carbocycles. The van der Waals surface area contributed by atoms with E-state index in [4.69, 9.17) is 21.1 Å². The van der Waals surface area contributed by atoms with E-state index in [9.17, 15) is 14.4 Å². The first-order valence-electron chi connectivity index (χ1n) is 12.3. The van der Waals surface area contributed by atoms with Crippen molar-refractivity contribution < 1.29 is 23.9 Å². The molecule has 38 heavy (non-hydrogen) atoms. The maximum atomic E-state index is 13.0. The van der Waals surface area contributed by atoms with Gasteiger partial charge in [-0.05, 0) is 87.1 Å². The number of halogens is 1. The molecule has 1 aliphatic carbocycles. The number of thiophene rings is 1. The van der Waals surface area contributed by atoms with Crippen LogP contribution >= 0.6 is 22.9 Å². The third-order valence-electron chi connectivity index (χ3n) is 5.93. The lowest BCUT2D eigenvalue weighted by molar-refractivity contribution is -0.127. The second kappa shape index (κ2) is 12.7. The number of ether oxygens (including phenoxy) is 2. The Balaban J connectivity index is 1.36. The molecule has 0 spiro atoms. The van der Waals surface area contributed by atoms with Gasteiger partial charge in [0.25, 0.3) is 11.8 Å². The molecule has 1 atom stereocenters. The van der Waals surface area contributed by atoms with Crippen LogP contribution in [0.5, 0.6) is 5.75 Å². The van der Waals surface area contributed by atoms with Gasteiger partial charge < -0.3 is 14.8 Å². The van der Waals surface area contributed by atoms with Gasteiger partial charge >= 0.3 is 5.97 Å². The third-order valence-corrected chi connectivity index (χ3v) is 7.39. The van der Waals surface area contributed by atoms with Crippen LogP contribution < -0.4 is 15.5 Å². The Kier molecular flexibility index (Phi) is 9.15. The minimum Gasteiger partial charge on any atom is -0.481 e. The zero-order chi connectivity index (χ0) is 27.1. The average molecular weight is 554 g/mol. The van der Waals surface area contributed by atoms with E-state index in [1.54, 1.807) is 62.4 Å². The summed E-state index contributed by atoms with van der Waals surface area (Å²) in [5, 5.41) is 7.96. The molecule has 0 radical (unpaired) electrons. The Morgan fingerprint density at radius 2 is 1.79 bits per heavy atom. The summed E-state index contributed by atoms with van der Waals surface area (Å²) in [7, 11) is 0. The minimum atomic E-state index is -0.818. The van der Waals surface area contributed by atoms with Gasteiger partial charge in [0.1, 0.15) is 10.8 Å². The molecule has 0 saturated heterocycles. The number of rotatable bonds is 9. The normalized spacial score (nSPS) is 13.4. The Morgan fingerprint density at radius 1 is 1.08 bits per heavy atom. The van der Waals surface area contributed by atoms with Crippen molar-refractivity contribution in [3.8, 4) is 5.75 Å². The van der Waals surface area contributed by atoms with Gasteiger partial charge in [0.15, 0.2) is 6.10 Å². The van der Waals surface area contributed by atoms with Crippen molar-refractivity contribution in [1.82, 2.24) is 5.43 Å². The molecule has 2 amide bonds. The monoisotopic (exact) mass is 553 g/mol. The number of carbonyl (C=O) groups is 3. The standard InChI is InChI=1S/C28H28ClN3O5S/c1-3-36-28(35)24-22-6-4-5-7-23(22)38-27(24)31-26(34)19-10-14-21(15-11-19)37-17(2)25(33)32-30-16-18-8-12-20(29)13-9-18/h8-17H,3-7H2,1-2H3,(H,31,34)(H,32,33)/b30-16-/t17-/m1/s1. The van der Waals surface area contributed by atoms with Crippen LogP contribution in [0.15, 0.2) is 53.6 Å². The van der Waals surface area contributed by atoms with Crippen molar-refractivity contribution in [2.75, 3.05) is 11.9 Å². The minimum absolute atomic E-state index is 0.267. The summed E-state index contributed by atoms with van der Waals surface area (Å²) in [6, 6.07) is 13.4. The molecule has 0 aliphatic heterocycles. The largest absolute Gasteiger partial charge is 0.481 e. The number of hydrogen-bond acceptors (Lipinski definition) is 7. The fourth-order valence-corrected chi connectivity index (χ4v) is 5.40. The Morgan fingerprint density at radius 3 is 2.50 bits per heavy atom. The quantitative estimate of drug-likeness (QED) is 0.203. The number of nitrogens with zero attached hydrogens (tertiary/aromatic N) is 1. The number of hydrogen-bond donors (Lipinski definition) is 2. The molecule has 198 valence electrons. The number of nitrogens with one attached hydrogen (secondary N) is 2. The molecule has 8 nitrogen and oxygen atoms in total. The van der Waals surface area contributed by atoms with Gasteiger partial charge in [0, 0.05) is 15.5 Å². The van der Waals surface area contributed by atoms with E-state index < -0.39 is 18.0 Å². The fraction of sp³-hybridized carbons (Fsp3) is 0.286. The van der Waals surface area contributed by atoms with Crippen LogP contribution in [0.4, 0.5) is 5.00 Å². The first-order chi connectivity index (χ1) is 18.4. The van der Waals surface area contributed by atoms with Gasteiger partial charge in [0.05, 0.1) is 18.4 Å². The number of amides is 2. The van der Waals surface area contributed by atoms with E-state index in [2.05, 4.69) is 15.8 Å². The summed E-state index contributed by atoms with van der Waals surface area (Å²) < 4.78 is 10.9. The maximum absolute atomic E-state index is 13.0. The average Bonchev–Trinajstić information content (AvgIpc) is 3.28. The Hall–Kier alpha value is -3.69. The topological polar surface area (TPSA) is 106 Å². The highest BCUT2D eigenvalue weighted by atomic mass is 35.5. The lowest BCUT2D eigenvalue weighted by Gasteiger charge is -2.13.